The van der Waals surface area contributed by atoms with E-state index >= 15 is 0 Å². The number of piperazine rings is 1. The SMILES string of the molecule is C[C@@H](Oc1c(N)ncc2c(-c3ccc(N4CCNCC4)nc3)coc12)c1c(Cl)c(F)cc(F)c1Cl. The molecule has 4 aromatic rings. The van der Waals surface area contributed by atoms with Gasteiger partial charge in [-0.2, -0.15) is 0 Å². The zero-order chi connectivity index (χ0) is 24.7. The maximum absolute atomic E-state index is 14.0. The lowest BCUT2D eigenvalue weighted by molar-refractivity contribution is 0.227. The van der Waals surface area contributed by atoms with Crippen LogP contribution < -0.4 is 20.7 Å². The molecular weight excluding hydrogens is 499 g/mol. The van der Waals surface area contributed by atoms with Crippen LogP contribution in [0.2, 0.25) is 10.0 Å². The van der Waals surface area contributed by atoms with Gasteiger partial charge in [-0.25, -0.2) is 18.7 Å². The summed E-state index contributed by atoms with van der Waals surface area (Å²) in [5.41, 5.74) is 7.93. The second-order valence-corrected chi connectivity index (χ2v) is 8.90. The number of aromatic nitrogens is 2. The summed E-state index contributed by atoms with van der Waals surface area (Å²) in [5, 5.41) is 3.29. The first-order chi connectivity index (χ1) is 16.8. The van der Waals surface area contributed by atoms with Crippen molar-refractivity contribution in [3.63, 3.8) is 0 Å². The number of nitrogens with two attached hydrogens (primary N) is 1. The molecule has 0 amide bonds. The average molecular weight is 520 g/mol. The number of benzene rings is 1. The molecule has 4 heterocycles. The van der Waals surface area contributed by atoms with Gasteiger partial charge in [0.15, 0.2) is 11.4 Å². The lowest BCUT2D eigenvalue weighted by Gasteiger charge is -2.28. The highest BCUT2D eigenvalue weighted by atomic mass is 35.5. The molecule has 0 aliphatic carbocycles. The van der Waals surface area contributed by atoms with Gasteiger partial charge in [-0.1, -0.05) is 23.2 Å². The quantitative estimate of drug-likeness (QED) is 0.331. The summed E-state index contributed by atoms with van der Waals surface area (Å²) in [6.45, 7) is 5.18. The molecule has 1 aromatic carbocycles. The molecule has 1 fully saturated rings. The van der Waals surface area contributed by atoms with Crippen molar-refractivity contribution in [2.45, 2.75) is 13.0 Å². The number of anilines is 2. The summed E-state index contributed by atoms with van der Waals surface area (Å²) < 4.78 is 39.8. The minimum atomic E-state index is -0.955. The van der Waals surface area contributed by atoms with Gasteiger partial charge in [-0.05, 0) is 19.1 Å². The smallest absolute Gasteiger partial charge is 0.205 e. The van der Waals surface area contributed by atoms with Crippen LogP contribution in [0.5, 0.6) is 5.75 Å². The monoisotopic (exact) mass is 519 g/mol. The first kappa shape index (κ1) is 23.6. The van der Waals surface area contributed by atoms with Crippen molar-refractivity contribution in [2.75, 3.05) is 36.8 Å². The molecule has 0 radical (unpaired) electrons. The maximum Gasteiger partial charge on any atom is 0.205 e. The highest BCUT2D eigenvalue weighted by molar-refractivity contribution is 6.36. The van der Waals surface area contributed by atoms with E-state index in [2.05, 4.69) is 20.2 Å². The Balaban J connectivity index is 1.48. The highest BCUT2D eigenvalue weighted by Crippen LogP contribution is 2.42. The lowest BCUT2D eigenvalue weighted by atomic mass is 10.1. The molecule has 35 heavy (non-hydrogen) atoms. The van der Waals surface area contributed by atoms with Crippen molar-refractivity contribution in [2.24, 2.45) is 0 Å². The minimum absolute atomic E-state index is 0.0401. The molecule has 3 aromatic heterocycles. The number of hydrogen-bond acceptors (Lipinski definition) is 7. The van der Waals surface area contributed by atoms with Gasteiger partial charge in [-0.3, -0.25) is 0 Å². The maximum atomic E-state index is 14.0. The van der Waals surface area contributed by atoms with E-state index in [1.54, 1.807) is 25.6 Å². The topological polar surface area (TPSA) is 89.4 Å². The Morgan fingerprint density at radius 3 is 2.49 bits per heavy atom. The van der Waals surface area contributed by atoms with Crippen molar-refractivity contribution in [1.82, 2.24) is 15.3 Å². The van der Waals surface area contributed by atoms with E-state index in [1.165, 1.54) is 0 Å². The van der Waals surface area contributed by atoms with Gasteiger partial charge >= 0.3 is 0 Å². The summed E-state index contributed by atoms with van der Waals surface area (Å²) in [6.07, 6.45) is 3.96. The average Bonchev–Trinajstić information content (AvgIpc) is 3.30. The van der Waals surface area contributed by atoms with E-state index < -0.39 is 17.7 Å². The van der Waals surface area contributed by atoms with Crippen molar-refractivity contribution in [3.05, 3.63) is 64.1 Å². The number of pyridine rings is 2. The van der Waals surface area contributed by atoms with Gasteiger partial charge in [-0.15, -0.1) is 0 Å². The molecule has 5 rings (SSSR count). The van der Waals surface area contributed by atoms with Crippen molar-refractivity contribution in [1.29, 1.82) is 0 Å². The van der Waals surface area contributed by atoms with E-state index in [0.717, 1.165) is 43.1 Å². The Bertz CT molecular complexity index is 1370. The largest absolute Gasteiger partial charge is 0.478 e. The van der Waals surface area contributed by atoms with Crippen molar-refractivity contribution >= 4 is 45.8 Å². The predicted octanol–water partition coefficient (Wildman–Crippen LogP) is 5.61. The first-order valence-corrected chi connectivity index (χ1v) is 11.7. The van der Waals surface area contributed by atoms with Gasteiger partial charge in [0.2, 0.25) is 5.75 Å². The van der Waals surface area contributed by atoms with Crippen LogP contribution in [0.15, 0.2) is 41.3 Å². The number of halogens is 4. The van der Waals surface area contributed by atoms with Crippen LogP contribution in [-0.2, 0) is 0 Å². The summed E-state index contributed by atoms with van der Waals surface area (Å²) in [5.74, 6) is -0.829. The highest BCUT2D eigenvalue weighted by Gasteiger charge is 2.25. The van der Waals surface area contributed by atoms with Crippen LogP contribution in [0.25, 0.3) is 22.1 Å². The molecule has 1 aliphatic heterocycles. The van der Waals surface area contributed by atoms with Crippen LogP contribution >= 0.6 is 23.2 Å². The normalized spacial score (nSPS) is 14.9. The summed E-state index contributed by atoms with van der Waals surface area (Å²) in [7, 11) is 0. The third-order valence-electron chi connectivity index (χ3n) is 5.95. The summed E-state index contributed by atoms with van der Waals surface area (Å²) >= 11 is 12.1. The molecule has 3 N–H and O–H groups in total. The molecular formula is C24H21Cl2F2N5O2. The van der Waals surface area contributed by atoms with Crippen molar-refractivity contribution < 1.29 is 17.9 Å². The molecule has 0 unspecified atom stereocenters. The molecule has 1 aliphatic rings. The number of hydrogen-bond donors (Lipinski definition) is 2. The van der Waals surface area contributed by atoms with Gasteiger partial charge in [0.1, 0.15) is 23.6 Å². The van der Waals surface area contributed by atoms with E-state index in [-0.39, 0.29) is 27.2 Å². The number of nitrogens with zero attached hydrogens (tertiary/aromatic N) is 3. The number of fused-ring (bicyclic) bond motifs is 1. The Morgan fingerprint density at radius 2 is 1.83 bits per heavy atom. The Kier molecular flexibility index (Phi) is 6.39. The zero-order valence-electron chi connectivity index (χ0n) is 18.6. The Morgan fingerprint density at radius 1 is 1.11 bits per heavy atom. The number of rotatable bonds is 5. The van der Waals surface area contributed by atoms with Gasteiger partial charge < -0.3 is 25.1 Å². The number of ether oxygens (including phenoxy) is 1. The number of nitrogens with one attached hydrogen (secondary N) is 1. The Labute approximate surface area is 209 Å². The zero-order valence-corrected chi connectivity index (χ0v) is 20.1. The van der Waals surface area contributed by atoms with Gasteiger partial charge in [0, 0.05) is 61.3 Å². The first-order valence-electron chi connectivity index (χ1n) is 10.9. The fourth-order valence-corrected chi connectivity index (χ4v) is 4.78. The summed E-state index contributed by atoms with van der Waals surface area (Å²) in [6, 6.07) is 4.55. The van der Waals surface area contributed by atoms with Crippen LogP contribution in [0.1, 0.15) is 18.6 Å². The fourth-order valence-electron chi connectivity index (χ4n) is 4.13. The number of furan rings is 1. The predicted molar refractivity (Wildman–Crippen MR) is 132 cm³/mol. The Hall–Kier alpha value is -3.14. The lowest BCUT2D eigenvalue weighted by Crippen LogP contribution is -2.43. The van der Waals surface area contributed by atoms with E-state index in [4.69, 9.17) is 38.1 Å². The molecule has 182 valence electrons. The van der Waals surface area contributed by atoms with Crippen LogP contribution in [0.3, 0.4) is 0 Å². The van der Waals surface area contributed by atoms with Gasteiger partial charge in [0.25, 0.3) is 0 Å². The van der Waals surface area contributed by atoms with Crippen LogP contribution in [0, 0.1) is 11.6 Å². The van der Waals surface area contributed by atoms with Crippen molar-refractivity contribution in [3.8, 4) is 16.9 Å². The molecule has 0 bridgehead atoms. The fraction of sp³-hybridized carbons (Fsp3) is 0.250. The molecule has 7 nitrogen and oxygen atoms in total. The molecule has 1 saturated heterocycles. The standard InChI is InChI=1S/C24H21Cl2F2N5O2/c1-12(19-20(25)16(27)8-17(28)21(19)26)35-23-22-14(10-32-24(23)29)15(11-34-22)13-2-3-18(31-9-13)33-6-4-30-5-7-33/h2-3,8-12,30H,4-7H2,1H3,(H2,29,32)/t12-/m1/s1. The molecule has 1 atom stereocenters. The molecule has 11 heteroatoms. The number of nitrogen functional groups attached to an aromatic ring is 1. The third-order valence-corrected chi connectivity index (χ3v) is 6.72. The molecule has 0 saturated carbocycles. The van der Waals surface area contributed by atoms with E-state index in [0.29, 0.717) is 17.0 Å². The molecule has 0 spiro atoms. The second kappa shape index (κ2) is 9.49. The van der Waals surface area contributed by atoms with E-state index in [9.17, 15) is 8.78 Å². The summed E-state index contributed by atoms with van der Waals surface area (Å²) in [4.78, 5) is 11.1. The van der Waals surface area contributed by atoms with E-state index in [1.807, 2.05) is 12.1 Å². The van der Waals surface area contributed by atoms with Gasteiger partial charge in [0.05, 0.1) is 21.7 Å². The van der Waals surface area contributed by atoms with Crippen LogP contribution in [0.4, 0.5) is 20.4 Å². The third kappa shape index (κ3) is 4.35. The minimum Gasteiger partial charge on any atom is -0.478 e. The van der Waals surface area contributed by atoms with Crippen LogP contribution in [-0.4, -0.2) is 36.1 Å². The second-order valence-electron chi connectivity index (χ2n) is 8.15.